The Labute approximate surface area is 118 Å². The van der Waals surface area contributed by atoms with E-state index in [1.165, 1.54) is 6.92 Å². The maximum Gasteiger partial charge on any atom is 0.220 e. The zero-order valence-electron chi connectivity index (χ0n) is 11.6. The van der Waals surface area contributed by atoms with Crippen LogP contribution in [0.25, 0.3) is 0 Å². The minimum absolute atomic E-state index is 0.0101. The molecule has 0 aromatic heterocycles. The highest BCUT2D eigenvalue weighted by molar-refractivity contribution is 6.39. The molecule has 0 bridgehead atoms. The van der Waals surface area contributed by atoms with Gasteiger partial charge in [0.05, 0.1) is 6.04 Å². The van der Waals surface area contributed by atoms with E-state index in [9.17, 15) is 9.59 Å². The quantitative estimate of drug-likeness (QED) is 0.245. The summed E-state index contributed by atoms with van der Waals surface area (Å²) in [6.07, 6.45) is 6.60. The van der Waals surface area contributed by atoms with Gasteiger partial charge in [-0.3, -0.25) is 19.6 Å². The molecular weight excluding hydrogens is 258 g/mol. The number of nitrogens with two attached hydrogens (primary N) is 3. The summed E-state index contributed by atoms with van der Waals surface area (Å²) in [6, 6.07) is -0.428. The first kappa shape index (κ1) is 16.0. The van der Waals surface area contributed by atoms with E-state index in [1.54, 1.807) is 12.3 Å². The first-order valence-corrected chi connectivity index (χ1v) is 6.46. The number of hydrogen-bond acceptors (Lipinski definition) is 5. The van der Waals surface area contributed by atoms with Crippen molar-refractivity contribution in [1.29, 1.82) is 0 Å². The Morgan fingerprint density at radius 2 is 2.15 bits per heavy atom. The van der Waals surface area contributed by atoms with Gasteiger partial charge in [0.2, 0.25) is 5.78 Å². The van der Waals surface area contributed by atoms with Gasteiger partial charge in [-0.25, -0.2) is 0 Å². The summed E-state index contributed by atoms with van der Waals surface area (Å²) >= 11 is 0. The van der Waals surface area contributed by atoms with E-state index < -0.39 is 23.1 Å². The first-order valence-electron chi connectivity index (χ1n) is 6.46. The molecule has 1 heterocycles. The molecule has 0 aliphatic carbocycles. The van der Waals surface area contributed by atoms with Crippen LogP contribution in [0.3, 0.4) is 0 Å². The third kappa shape index (κ3) is 3.99. The normalized spacial score (nSPS) is 20.2. The fraction of sp³-hybridized carbons (Fsp3) is 0.538. The Bertz CT molecular complexity index is 465. The molecule has 0 radical (unpaired) electrons. The molecule has 1 aliphatic heterocycles. The number of ketones is 2. The lowest BCUT2D eigenvalue weighted by molar-refractivity contribution is -0.139. The number of aliphatic imine (C=N–C) groups is 2. The lowest BCUT2D eigenvalue weighted by Crippen LogP contribution is -2.58. The number of carbonyl (C=O) groups excluding carboxylic acids is 2. The number of carbonyl (C=O) groups is 2. The molecule has 0 spiro atoms. The van der Waals surface area contributed by atoms with E-state index in [1.807, 2.05) is 6.08 Å². The minimum atomic E-state index is -1.30. The first-order chi connectivity index (χ1) is 9.38. The molecule has 110 valence electrons. The van der Waals surface area contributed by atoms with Gasteiger partial charge < -0.3 is 17.2 Å². The van der Waals surface area contributed by atoms with Gasteiger partial charge >= 0.3 is 0 Å². The van der Waals surface area contributed by atoms with Crippen molar-refractivity contribution in [1.82, 2.24) is 0 Å². The van der Waals surface area contributed by atoms with Crippen molar-refractivity contribution < 1.29 is 9.59 Å². The molecule has 7 heteroatoms. The average molecular weight is 279 g/mol. The minimum Gasteiger partial charge on any atom is -0.370 e. The van der Waals surface area contributed by atoms with Gasteiger partial charge in [0.1, 0.15) is 5.54 Å². The monoisotopic (exact) mass is 279 g/mol. The lowest BCUT2D eigenvalue weighted by atomic mass is 9.79. The largest absolute Gasteiger partial charge is 0.370 e. The Morgan fingerprint density at radius 1 is 1.45 bits per heavy atom. The fourth-order valence-electron chi connectivity index (χ4n) is 2.16. The van der Waals surface area contributed by atoms with E-state index in [0.29, 0.717) is 25.8 Å². The van der Waals surface area contributed by atoms with Gasteiger partial charge in [-0.2, -0.15) is 0 Å². The molecule has 7 nitrogen and oxygen atoms in total. The molecule has 2 atom stereocenters. The molecule has 1 unspecified atom stereocenters. The highest BCUT2D eigenvalue weighted by Crippen LogP contribution is 2.24. The number of guanidine groups is 1. The van der Waals surface area contributed by atoms with Crippen molar-refractivity contribution in [3.8, 4) is 0 Å². The molecule has 0 saturated heterocycles. The van der Waals surface area contributed by atoms with E-state index in [0.717, 1.165) is 0 Å². The molecule has 0 saturated carbocycles. The SMILES string of the molecule is CC(=O)C(=O)[C@@](N)(CCCN=C(N)N)C1CC=CC=N1. The summed E-state index contributed by atoms with van der Waals surface area (Å²) in [5, 5.41) is 0. The van der Waals surface area contributed by atoms with Crippen LogP contribution in [-0.2, 0) is 9.59 Å². The number of hydrogen-bond donors (Lipinski definition) is 3. The van der Waals surface area contributed by atoms with Crippen LogP contribution in [0.2, 0.25) is 0 Å². The van der Waals surface area contributed by atoms with Crippen molar-refractivity contribution in [2.75, 3.05) is 6.54 Å². The highest BCUT2D eigenvalue weighted by atomic mass is 16.2. The van der Waals surface area contributed by atoms with E-state index in [-0.39, 0.29) is 5.96 Å². The predicted molar refractivity (Wildman–Crippen MR) is 78.6 cm³/mol. The second kappa shape index (κ2) is 6.95. The van der Waals surface area contributed by atoms with Crippen LogP contribution in [0.15, 0.2) is 22.1 Å². The number of rotatable bonds is 7. The number of nitrogens with zero attached hydrogens (tertiary/aromatic N) is 2. The maximum atomic E-state index is 12.1. The van der Waals surface area contributed by atoms with Crippen LogP contribution in [-0.4, -0.2) is 41.9 Å². The van der Waals surface area contributed by atoms with E-state index in [2.05, 4.69) is 9.98 Å². The topological polar surface area (TPSA) is 137 Å². The van der Waals surface area contributed by atoms with Crippen LogP contribution >= 0.6 is 0 Å². The number of allylic oxidation sites excluding steroid dienone is 1. The summed E-state index contributed by atoms with van der Waals surface area (Å²) in [4.78, 5) is 31.6. The number of Topliss-reactive ketones (excluding diaryl/α,β-unsaturated/α-hetero) is 2. The van der Waals surface area contributed by atoms with Crippen molar-refractivity contribution in [2.45, 2.75) is 37.8 Å². The zero-order valence-corrected chi connectivity index (χ0v) is 11.6. The summed E-state index contributed by atoms with van der Waals surface area (Å²) in [5.41, 5.74) is 15.4. The molecule has 0 amide bonds. The van der Waals surface area contributed by atoms with Crippen molar-refractivity contribution in [3.63, 3.8) is 0 Å². The van der Waals surface area contributed by atoms with Gasteiger partial charge in [0.15, 0.2) is 11.7 Å². The molecule has 0 fully saturated rings. The van der Waals surface area contributed by atoms with Crippen LogP contribution in [0.1, 0.15) is 26.2 Å². The zero-order chi connectivity index (χ0) is 15.2. The van der Waals surface area contributed by atoms with Crippen LogP contribution in [0, 0.1) is 0 Å². The van der Waals surface area contributed by atoms with Gasteiger partial charge in [0.25, 0.3) is 0 Å². The second-order valence-corrected chi connectivity index (χ2v) is 4.81. The molecule has 1 aliphatic rings. The Morgan fingerprint density at radius 3 is 2.65 bits per heavy atom. The third-order valence-electron chi connectivity index (χ3n) is 3.23. The highest BCUT2D eigenvalue weighted by Gasteiger charge is 2.43. The van der Waals surface area contributed by atoms with Gasteiger partial charge in [-0.15, -0.1) is 0 Å². The van der Waals surface area contributed by atoms with Crippen molar-refractivity contribution in [3.05, 3.63) is 12.2 Å². The Balaban J connectivity index is 2.81. The molecule has 1 rings (SSSR count). The van der Waals surface area contributed by atoms with Crippen LogP contribution in [0.5, 0.6) is 0 Å². The summed E-state index contributed by atoms with van der Waals surface area (Å²) in [6.45, 7) is 1.58. The van der Waals surface area contributed by atoms with Gasteiger partial charge in [-0.1, -0.05) is 6.08 Å². The second-order valence-electron chi connectivity index (χ2n) is 4.81. The van der Waals surface area contributed by atoms with Crippen LogP contribution in [0.4, 0.5) is 0 Å². The summed E-state index contributed by atoms with van der Waals surface area (Å²) in [5.74, 6) is -1.16. The van der Waals surface area contributed by atoms with Crippen LogP contribution < -0.4 is 17.2 Å². The van der Waals surface area contributed by atoms with Gasteiger partial charge in [0, 0.05) is 19.7 Å². The maximum absolute atomic E-state index is 12.1. The van der Waals surface area contributed by atoms with Gasteiger partial charge in [-0.05, 0) is 25.3 Å². The Hall–Kier alpha value is -2.02. The van der Waals surface area contributed by atoms with Crippen molar-refractivity contribution in [2.24, 2.45) is 27.2 Å². The van der Waals surface area contributed by atoms with E-state index >= 15 is 0 Å². The summed E-state index contributed by atoms with van der Waals surface area (Å²) < 4.78 is 0. The molecule has 20 heavy (non-hydrogen) atoms. The number of dihydropyridines is 1. The lowest BCUT2D eigenvalue weighted by Gasteiger charge is -2.33. The van der Waals surface area contributed by atoms with E-state index in [4.69, 9.17) is 17.2 Å². The molecule has 6 N–H and O–H groups in total. The van der Waals surface area contributed by atoms with Crippen molar-refractivity contribution >= 4 is 23.7 Å². The Kier molecular flexibility index (Phi) is 5.57. The smallest absolute Gasteiger partial charge is 0.220 e. The third-order valence-corrected chi connectivity index (χ3v) is 3.23. The molecular formula is C13H21N5O2. The molecule has 0 aromatic carbocycles. The predicted octanol–water partition coefficient (Wildman–Crippen LogP) is -0.705. The standard InChI is InChI=1S/C13H21N5O2/c1-9(19)11(20)13(16,6-4-8-18-12(14)15)10-5-2-3-7-17-10/h2-3,7,10H,4-6,8,16H2,1H3,(H4,14,15,18)/t10?,13-/m1/s1. The fourth-order valence-corrected chi connectivity index (χ4v) is 2.16. The summed E-state index contributed by atoms with van der Waals surface area (Å²) in [7, 11) is 0. The molecule has 0 aromatic rings. The average Bonchev–Trinajstić information content (AvgIpc) is 2.43.